The third-order valence-corrected chi connectivity index (χ3v) is 5.33. The molecule has 164 valence electrons. The molecular formula is C17H17ClF3N3O5S. The molecule has 8 nitrogen and oxygen atoms in total. The molecule has 0 fully saturated rings. The van der Waals surface area contributed by atoms with Crippen molar-refractivity contribution in [3.05, 3.63) is 32.4 Å². The second-order valence-electron chi connectivity index (χ2n) is 5.79. The van der Waals surface area contributed by atoms with Gasteiger partial charge in [-0.25, -0.2) is 9.59 Å². The van der Waals surface area contributed by atoms with Gasteiger partial charge in [-0.3, -0.25) is 9.48 Å². The van der Waals surface area contributed by atoms with Gasteiger partial charge < -0.3 is 14.8 Å². The molecule has 2 aromatic heterocycles. The zero-order chi connectivity index (χ0) is 22.8. The normalized spacial score (nSPS) is 11.3. The lowest BCUT2D eigenvalue weighted by Crippen LogP contribution is -2.16. The molecule has 0 spiro atoms. The van der Waals surface area contributed by atoms with Crippen LogP contribution in [0.5, 0.6) is 0 Å². The van der Waals surface area contributed by atoms with Crippen LogP contribution in [0.25, 0.3) is 0 Å². The first kappa shape index (κ1) is 23.7. The van der Waals surface area contributed by atoms with Crippen LogP contribution in [-0.4, -0.2) is 40.8 Å². The van der Waals surface area contributed by atoms with Gasteiger partial charge >= 0.3 is 18.1 Å². The fourth-order valence-electron chi connectivity index (χ4n) is 2.56. The van der Waals surface area contributed by atoms with E-state index in [-0.39, 0.29) is 34.2 Å². The molecule has 0 saturated carbocycles. The topological polar surface area (TPSA) is 99.5 Å². The molecule has 0 saturated heterocycles. The number of nitrogens with zero attached hydrogens (tertiary/aromatic N) is 2. The van der Waals surface area contributed by atoms with Crippen molar-refractivity contribution < 1.29 is 37.0 Å². The van der Waals surface area contributed by atoms with Crippen LogP contribution in [-0.2, 0) is 22.7 Å². The van der Waals surface area contributed by atoms with E-state index in [9.17, 15) is 27.6 Å². The summed E-state index contributed by atoms with van der Waals surface area (Å²) in [5, 5.41) is 4.84. The van der Waals surface area contributed by atoms with Gasteiger partial charge in [0.05, 0.1) is 18.8 Å². The molecule has 0 atom stereocenters. The molecule has 13 heteroatoms. The van der Waals surface area contributed by atoms with E-state index in [0.29, 0.717) is 4.68 Å². The van der Waals surface area contributed by atoms with Gasteiger partial charge in [-0.2, -0.15) is 18.3 Å². The maximum Gasteiger partial charge on any atom is 0.434 e. The second kappa shape index (κ2) is 9.04. The Morgan fingerprint density at radius 2 is 1.73 bits per heavy atom. The maximum absolute atomic E-state index is 13.1. The van der Waals surface area contributed by atoms with Gasteiger partial charge in [-0.05, 0) is 26.3 Å². The van der Waals surface area contributed by atoms with Gasteiger partial charge in [0.15, 0.2) is 11.4 Å². The van der Waals surface area contributed by atoms with Gasteiger partial charge in [0.2, 0.25) is 0 Å². The number of aryl methyl sites for hydroxylation is 1. The number of esters is 2. The average molecular weight is 468 g/mol. The Kier molecular flexibility index (Phi) is 7.14. The monoisotopic (exact) mass is 467 g/mol. The number of amides is 1. The van der Waals surface area contributed by atoms with Crippen LogP contribution in [0.3, 0.4) is 0 Å². The highest BCUT2D eigenvalue weighted by Gasteiger charge is 2.40. The molecule has 2 heterocycles. The number of alkyl halides is 3. The Bertz CT molecular complexity index is 1000. The Balaban J connectivity index is 2.49. The number of ether oxygens (including phenoxy) is 2. The smallest absolute Gasteiger partial charge is 0.434 e. The Labute approximate surface area is 177 Å². The molecule has 0 unspecified atom stereocenters. The molecule has 0 aliphatic heterocycles. The highest BCUT2D eigenvalue weighted by molar-refractivity contribution is 7.18. The van der Waals surface area contributed by atoms with Crippen molar-refractivity contribution in [2.45, 2.75) is 26.9 Å². The van der Waals surface area contributed by atoms with Crippen molar-refractivity contribution in [1.82, 2.24) is 9.78 Å². The summed E-state index contributed by atoms with van der Waals surface area (Å²) >= 11 is 6.46. The van der Waals surface area contributed by atoms with Crippen LogP contribution in [0.1, 0.15) is 55.6 Å². The predicted octanol–water partition coefficient (Wildman–Crippen LogP) is 4.07. The minimum atomic E-state index is -4.83. The van der Waals surface area contributed by atoms with Gasteiger partial charge in [-0.15, -0.1) is 11.3 Å². The largest absolute Gasteiger partial charge is 0.462 e. The number of aromatic nitrogens is 2. The third-order valence-electron chi connectivity index (χ3n) is 3.79. The summed E-state index contributed by atoms with van der Waals surface area (Å²) in [6.45, 7) is 4.72. The maximum atomic E-state index is 13.1. The highest BCUT2D eigenvalue weighted by Crippen LogP contribution is 2.38. The molecular weight excluding hydrogens is 451 g/mol. The number of thiophene rings is 1. The minimum absolute atomic E-state index is 0.0251. The van der Waals surface area contributed by atoms with Crippen molar-refractivity contribution in [1.29, 1.82) is 0 Å². The first-order valence-corrected chi connectivity index (χ1v) is 9.72. The molecule has 0 aromatic carbocycles. The van der Waals surface area contributed by atoms with E-state index in [0.717, 1.165) is 18.4 Å². The Morgan fingerprint density at radius 1 is 1.17 bits per heavy atom. The molecule has 30 heavy (non-hydrogen) atoms. The second-order valence-corrected chi connectivity index (χ2v) is 7.19. The molecule has 2 rings (SSSR count). The standard InChI is InChI=1S/C17H17ClF3N3O5S/c1-5-28-15(26)8-7(3)11(16(27)29-6-2)30-14(8)22-13(25)10-9(18)12(17(19,20)21)24(4)23-10/h5-6H2,1-4H3,(H,22,25). The SMILES string of the molecule is CCOC(=O)c1sc(NC(=O)c2nn(C)c(C(F)(F)F)c2Cl)c(C(=O)OCC)c1C. The van der Waals surface area contributed by atoms with E-state index < -0.39 is 40.4 Å². The third kappa shape index (κ3) is 4.59. The molecule has 2 aromatic rings. The average Bonchev–Trinajstić information content (AvgIpc) is 3.11. The lowest BCUT2D eigenvalue weighted by Gasteiger charge is -2.07. The molecule has 0 bridgehead atoms. The van der Waals surface area contributed by atoms with Crippen molar-refractivity contribution in [3.8, 4) is 0 Å². The zero-order valence-corrected chi connectivity index (χ0v) is 17.8. The van der Waals surface area contributed by atoms with E-state index in [1.807, 2.05) is 0 Å². The van der Waals surface area contributed by atoms with Crippen molar-refractivity contribution in [3.63, 3.8) is 0 Å². The minimum Gasteiger partial charge on any atom is -0.462 e. The van der Waals surface area contributed by atoms with Crippen molar-refractivity contribution in [2.75, 3.05) is 18.5 Å². The molecule has 1 N–H and O–H groups in total. The van der Waals surface area contributed by atoms with E-state index in [4.69, 9.17) is 21.1 Å². The Morgan fingerprint density at radius 3 is 2.23 bits per heavy atom. The van der Waals surface area contributed by atoms with Crippen molar-refractivity contribution in [2.24, 2.45) is 7.05 Å². The number of hydrogen-bond acceptors (Lipinski definition) is 7. The van der Waals surface area contributed by atoms with E-state index >= 15 is 0 Å². The zero-order valence-electron chi connectivity index (χ0n) is 16.3. The molecule has 1 amide bonds. The van der Waals surface area contributed by atoms with E-state index in [2.05, 4.69) is 10.4 Å². The van der Waals surface area contributed by atoms with E-state index in [1.54, 1.807) is 13.8 Å². The number of anilines is 1. The lowest BCUT2D eigenvalue weighted by atomic mass is 10.1. The summed E-state index contributed by atoms with van der Waals surface area (Å²) < 4.78 is 49.6. The predicted molar refractivity (Wildman–Crippen MR) is 102 cm³/mol. The summed E-state index contributed by atoms with van der Waals surface area (Å²) in [7, 11) is 0.990. The number of carbonyl (C=O) groups excluding carboxylic acids is 3. The first-order valence-electron chi connectivity index (χ1n) is 8.52. The summed E-state index contributed by atoms with van der Waals surface area (Å²) in [6.07, 6.45) is -4.83. The fraction of sp³-hybridized carbons (Fsp3) is 0.412. The van der Waals surface area contributed by atoms with Crippen LogP contribution >= 0.6 is 22.9 Å². The van der Waals surface area contributed by atoms with Crippen LogP contribution in [0.2, 0.25) is 5.02 Å². The summed E-state index contributed by atoms with van der Waals surface area (Å²) in [6, 6.07) is 0. The van der Waals surface area contributed by atoms with Gasteiger partial charge in [0.1, 0.15) is 14.9 Å². The Hall–Kier alpha value is -2.60. The van der Waals surface area contributed by atoms with Crippen LogP contribution < -0.4 is 5.32 Å². The number of halogens is 4. The summed E-state index contributed by atoms with van der Waals surface area (Å²) in [4.78, 5) is 37.1. The number of nitrogens with one attached hydrogen (secondary N) is 1. The fourth-order valence-corrected chi connectivity index (χ4v) is 3.99. The molecule has 0 aliphatic carbocycles. The number of carbonyl (C=O) groups is 3. The van der Waals surface area contributed by atoms with Crippen molar-refractivity contribution >= 4 is 45.8 Å². The summed E-state index contributed by atoms with van der Waals surface area (Å²) in [5.74, 6) is -2.63. The van der Waals surface area contributed by atoms with Crippen LogP contribution in [0.15, 0.2) is 0 Å². The number of rotatable bonds is 6. The quantitative estimate of drug-likeness (QED) is 0.643. The first-order chi connectivity index (χ1) is 13.9. The molecule has 0 aliphatic rings. The van der Waals surface area contributed by atoms with Gasteiger partial charge in [0, 0.05) is 7.05 Å². The lowest BCUT2D eigenvalue weighted by molar-refractivity contribution is -0.143. The summed E-state index contributed by atoms with van der Waals surface area (Å²) in [5.41, 5.74) is -1.89. The molecule has 0 radical (unpaired) electrons. The van der Waals surface area contributed by atoms with Crippen LogP contribution in [0, 0.1) is 6.92 Å². The van der Waals surface area contributed by atoms with E-state index in [1.165, 1.54) is 6.92 Å². The highest BCUT2D eigenvalue weighted by atomic mass is 35.5. The van der Waals surface area contributed by atoms with Gasteiger partial charge in [-0.1, -0.05) is 11.6 Å². The van der Waals surface area contributed by atoms with Gasteiger partial charge in [0.25, 0.3) is 5.91 Å². The van der Waals surface area contributed by atoms with Crippen LogP contribution in [0.4, 0.5) is 18.2 Å². The number of hydrogen-bond donors (Lipinski definition) is 1.